The van der Waals surface area contributed by atoms with Crippen LogP contribution >= 0.6 is 11.6 Å². The SMILES string of the molecule is COCCN(CC(=O)N1N=C(c2ccccc2Cl)C[C@@H]1c1ccc(C)cc1)C(=O)C1CCC1. The second-order valence-corrected chi connectivity index (χ2v) is 9.18. The molecular weight excluding hydrogens is 438 g/mol. The summed E-state index contributed by atoms with van der Waals surface area (Å²) in [5.41, 5.74) is 3.76. The minimum absolute atomic E-state index is 0.0135. The summed E-state index contributed by atoms with van der Waals surface area (Å²) in [6, 6.07) is 15.4. The summed E-state index contributed by atoms with van der Waals surface area (Å²) in [5.74, 6) is -0.150. The van der Waals surface area contributed by atoms with E-state index in [9.17, 15) is 9.59 Å². The standard InChI is InChI=1S/C26H30ClN3O3/c1-18-10-12-19(13-11-18)24-16-23(21-8-3-4-9-22(21)27)28-30(24)25(31)17-29(14-15-33-2)26(32)20-6-5-7-20/h3-4,8-13,20,24H,5-7,14-17H2,1-2H3/t24-/m1/s1. The summed E-state index contributed by atoms with van der Waals surface area (Å²) in [5, 5.41) is 6.86. The maximum absolute atomic E-state index is 13.5. The normalized spacial score (nSPS) is 18.1. The van der Waals surface area contributed by atoms with Gasteiger partial charge in [-0.15, -0.1) is 0 Å². The van der Waals surface area contributed by atoms with Crippen molar-refractivity contribution in [3.8, 4) is 0 Å². The van der Waals surface area contributed by atoms with E-state index in [-0.39, 0.29) is 30.3 Å². The molecule has 0 spiro atoms. The van der Waals surface area contributed by atoms with Gasteiger partial charge in [-0.05, 0) is 31.4 Å². The highest BCUT2D eigenvalue weighted by atomic mass is 35.5. The van der Waals surface area contributed by atoms with Gasteiger partial charge < -0.3 is 9.64 Å². The van der Waals surface area contributed by atoms with E-state index >= 15 is 0 Å². The Kier molecular flexibility index (Phi) is 7.46. The number of benzene rings is 2. The van der Waals surface area contributed by atoms with Crippen molar-refractivity contribution in [1.82, 2.24) is 9.91 Å². The monoisotopic (exact) mass is 467 g/mol. The van der Waals surface area contributed by atoms with E-state index < -0.39 is 0 Å². The van der Waals surface area contributed by atoms with Crippen LogP contribution in [0.1, 0.15) is 48.4 Å². The van der Waals surface area contributed by atoms with Crippen LogP contribution in [0, 0.1) is 12.8 Å². The van der Waals surface area contributed by atoms with Crippen LogP contribution in [0.3, 0.4) is 0 Å². The first-order valence-electron chi connectivity index (χ1n) is 11.5. The molecule has 1 aliphatic carbocycles. The number of hydrazone groups is 1. The molecular formula is C26H30ClN3O3. The van der Waals surface area contributed by atoms with Crippen LogP contribution < -0.4 is 0 Å². The molecule has 0 N–H and O–H groups in total. The van der Waals surface area contributed by atoms with Gasteiger partial charge in [0.25, 0.3) is 5.91 Å². The van der Waals surface area contributed by atoms with Crippen LogP contribution in [-0.2, 0) is 14.3 Å². The van der Waals surface area contributed by atoms with Gasteiger partial charge in [-0.25, -0.2) is 5.01 Å². The van der Waals surface area contributed by atoms with Crippen molar-refractivity contribution in [2.24, 2.45) is 11.0 Å². The molecule has 33 heavy (non-hydrogen) atoms. The van der Waals surface area contributed by atoms with Gasteiger partial charge in [0, 0.05) is 36.6 Å². The van der Waals surface area contributed by atoms with Crippen LogP contribution in [0.15, 0.2) is 53.6 Å². The summed E-state index contributed by atoms with van der Waals surface area (Å²) in [6.07, 6.45) is 3.41. The number of aryl methyl sites for hydroxylation is 1. The zero-order valence-electron chi connectivity index (χ0n) is 19.2. The second-order valence-electron chi connectivity index (χ2n) is 8.78. The fourth-order valence-corrected chi connectivity index (χ4v) is 4.51. The minimum atomic E-state index is -0.243. The van der Waals surface area contributed by atoms with Crippen LogP contribution in [0.5, 0.6) is 0 Å². The van der Waals surface area contributed by atoms with Crippen molar-refractivity contribution < 1.29 is 14.3 Å². The lowest BCUT2D eigenvalue weighted by Crippen LogP contribution is -2.46. The molecule has 0 saturated heterocycles. The molecule has 2 aromatic rings. The van der Waals surface area contributed by atoms with E-state index in [1.807, 2.05) is 55.5 Å². The third kappa shape index (κ3) is 5.28. The molecule has 2 amide bonds. The topological polar surface area (TPSA) is 62.2 Å². The van der Waals surface area contributed by atoms with E-state index in [2.05, 4.69) is 0 Å². The third-order valence-corrected chi connectivity index (χ3v) is 6.80. The Morgan fingerprint density at radius 3 is 2.52 bits per heavy atom. The Balaban J connectivity index is 1.60. The minimum Gasteiger partial charge on any atom is -0.383 e. The number of hydrogen-bond acceptors (Lipinski definition) is 4. The predicted molar refractivity (Wildman–Crippen MR) is 129 cm³/mol. The molecule has 4 rings (SSSR count). The number of rotatable bonds is 8. The Morgan fingerprint density at radius 2 is 1.88 bits per heavy atom. The molecule has 2 aromatic carbocycles. The molecule has 174 valence electrons. The fourth-order valence-electron chi connectivity index (χ4n) is 4.26. The quantitative estimate of drug-likeness (QED) is 0.570. The average molecular weight is 468 g/mol. The summed E-state index contributed by atoms with van der Waals surface area (Å²) >= 11 is 6.44. The highest BCUT2D eigenvalue weighted by molar-refractivity contribution is 6.34. The average Bonchev–Trinajstić information content (AvgIpc) is 3.21. The number of halogens is 1. The van der Waals surface area contributed by atoms with E-state index in [0.29, 0.717) is 24.6 Å². The molecule has 0 unspecified atom stereocenters. The maximum Gasteiger partial charge on any atom is 0.262 e. The number of hydrogen-bond donors (Lipinski definition) is 0. The lowest BCUT2D eigenvalue weighted by molar-refractivity contribution is -0.146. The van der Waals surface area contributed by atoms with E-state index in [1.54, 1.807) is 12.0 Å². The number of amides is 2. The lowest BCUT2D eigenvalue weighted by atomic mass is 9.84. The molecule has 7 heteroatoms. The Bertz CT molecular complexity index is 1030. The highest BCUT2D eigenvalue weighted by Crippen LogP contribution is 2.35. The number of carbonyl (C=O) groups excluding carboxylic acids is 2. The van der Waals surface area contributed by atoms with Gasteiger partial charge in [0.15, 0.2) is 0 Å². The molecule has 1 atom stereocenters. The first kappa shape index (κ1) is 23.5. The largest absolute Gasteiger partial charge is 0.383 e. The molecule has 1 fully saturated rings. The summed E-state index contributed by atoms with van der Waals surface area (Å²) in [7, 11) is 1.60. The van der Waals surface area contributed by atoms with Crippen LogP contribution in [-0.4, -0.2) is 54.2 Å². The molecule has 6 nitrogen and oxygen atoms in total. The zero-order valence-corrected chi connectivity index (χ0v) is 19.9. The first-order chi connectivity index (χ1) is 16.0. The van der Waals surface area contributed by atoms with Crippen LogP contribution in [0.4, 0.5) is 0 Å². The number of ether oxygens (including phenoxy) is 1. The molecule has 0 bridgehead atoms. The van der Waals surface area contributed by atoms with E-state index in [4.69, 9.17) is 21.4 Å². The molecule has 1 saturated carbocycles. The Labute approximate surface area is 200 Å². The maximum atomic E-state index is 13.5. The first-order valence-corrected chi connectivity index (χ1v) is 11.8. The van der Waals surface area contributed by atoms with Crippen molar-refractivity contribution in [3.63, 3.8) is 0 Å². The van der Waals surface area contributed by atoms with E-state index in [1.165, 1.54) is 5.01 Å². The second kappa shape index (κ2) is 10.5. The van der Waals surface area contributed by atoms with Gasteiger partial charge in [-0.3, -0.25) is 9.59 Å². The van der Waals surface area contributed by atoms with Gasteiger partial charge >= 0.3 is 0 Å². The van der Waals surface area contributed by atoms with Gasteiger partial charge in [-0.2, -0.15) is 5.10 Å². The molecule has 0 radical (unpaired) electrons. The number of carbonyl (C=O) groups is 2. The number of methoxy groups -OCH3 is 1. The Hall–Kier alpha value is -2.70. The fraction of sp³-hybridized carbons (Fsp3) is 0.423. The molecule has 0 aromatic heterocycles. The van der Waals surface area contributed by atoms with Crippen molar-refractivity contribution in [2.75, 3.05) is 26.8 Å². The van der Waals surface area contributed by atoms with Crippen molar-refractivity contribution in [3.05, 3.63) is 70.2 Å². The van der Waals surface area contributed by atoms with Gasteiger partial charge in [0.2, 0.25) is 5.91 Å². The summed E-state index contributed by atoms with van der Waals surface area (Å²) < 4.78 is 5.19. The highest BCUT2D eigenvalue weighted by Gasteiger charge is 2.36. The lowest BCUT2D eigenvalue weighted by Gasteiger charge is -2.32. The molecule has 2 aliphatic rings. The van der Waals surface area contributed by atoms with Crippen LogP contribution in [0.25, 0.3) is 0 Å². The van der Waals surface area contributed by atoms with Crippen molar-refractivity contribution in [1.29, 1.82) is 0 Å². The molecule has 1 aliphatic heterocycles. The smallest absolute Gasteiger partial charge is 0.262 e. The van der Waals surface area contributed by atoms with Gasteiger partial charge in [-0.1, -0.05) is 66.0 Å². The van der Waals surface area contributed by atoms with Gasteiger partial charge in [0.1, 0.15) is 6.54 Å². The predicted octanol–water partition coefficient (Wildman–Crippen LogP) is 4.60. The summed E-state index contributed by atoms with van der Waals surface area (Å²) in [6.45, 7) is 2.80. The molecule has 1 heterocycles. The number of nitrogens with zero attached hydrogens (tertiary/aromatic N) is 3. The van der Waals surface area contributed by atoms with E-state index in [0.717, 1.165) is 41.7 Å². The van der Waals surface area contributed by atoms with Gasteiger partial charge in [0.05, 0.1) is 18.4 Å². The van der Waals surface area contributed by atoms with Crippen molar-refractivity contribution >= 4 is 29.1 Å². The zero-order chi connectivity index (χ0) is 23.4. The Morgan fingerprint density at radius 1 is 1.15 bits per heavy atom. The third-order valence-electron chi connectivity index (χ3n) is 6.47. The van der Waals surface area contributed by atoms with Crippen LogP contribution in [0.2, 0.25) is 5.02 Å². The summed E-state index contributed by atoms with van der Waals surface area (Å²) in [4.78, 5) is 28.1. The van der Waals surface area contributed by atoms with Crippen molar-refractivity contribution in [2.45, 2.75) is 38.6 Å².